The predicted octanol–water partition coefficient (Wildman–Crippen LogP) is 0.961. The Kier molecular flexibility index (Phi) is 4.32. The van der Waals surface area contributed by atoms with Crippen molar-refractivity contribution in [2.24, 2.45) is 0 Å². The van der Waals surface area contributed by atoms with Gasteiger partial charge in [-0.25, -0.2) is 0 Å². The second-order valence-corrected chi connectivity index (χ2v) is 7.55. The minimum atomic E-state index is 0.638. The van der Waals surface area contributed by atoms with Crippen molar-refractivity contribution >= 4 is 5.69 Å². The molecule has 124 valence electrons. The lowest BCUT2D eigenvalue weighted by atomic mass is 10.1. The van der Waals surface area contributed by atoms with Crippen LogP contribution in [0.25, 0.3) is 0 Å². The van der Waals surface area contributed by atoms with Gasteiger partial charge < -0.3 is 15.0 Å². The van der Waals surface area contributed by atoms with Gasteiger partial charge in [-0.3, -0.25) is 9.58 Å². The quantitative estimate of drug-likeness (QED) is 0.823. The van der Waals surface area contributed by atoms with Crippen LogP contribution >= 0.6 is 0 Å². The number of aryl methyl sites for hydroxylation is 1. The van der Waals surface area contributed by atoms with Crippen molar-refractivity contribution in [1.29, 1.82) is 0 Å². The standard InChI is InChI=1S/C16H30N5O/c1-21(2,3)13-7-9-19(12-13)10-11-22-16-15(17)14-6-4-5-8-20(14)18-16/h13H,4-12,17H2,1-3H3/q+1. The number of nitrogens with zero attached hydrogens (tertiary/aromatic N) is 4. The van der Waals surface area contributed by atoms with Crippen molar-refractivity contribution in [2.75, 3.05) is 53.1 Å². The van der Waals surface area contributed by atoms with Crippen LogP contribution in [0.1, 0.15) is 25.0 Å². The summed E-state index contributed by atoms with van der Waals surface area (Å²) in [5, 5.41) is 4.52. The molecule has 0 bridgehead atoms. The maximum Gasteiger partial charge on any atom is 0.256 e. The van der Waals surface area contributed by atoms with E-state index < -0.39 is 0 Å². The van der Waals surface area contributed by atoms with Gasteiger partial charge >= 0.3 is 0 Å². The number of quaternary nitrogens is 1. The normalized spacial score (nSPS) is 22.8. The number of hydrogen-bond donors (Lipinski definition) is 1. The predicted molar refractivity (Wildman–Crippen MR) is 87.9 cm³/mol. The van der Waals surface area contributed by atoms with Crippen molar-refractivity contribution in [3.63, 3.8) is 0 Å². The van der Waals surface area contributed by atoms with E-state index in [2.05, 4.69) is 31.1 Å². The Hall–Kier alpha value is -1.27. The molecule has 1 atom stereocenters. The van der Waals surface area contributed by atoms with Gasteiger partial charge in [0.25, 0.3) is 5.88 Å². The number of hydrogen-bond acceptors (Lipinski definition) is 4. The number of anilines is 1. The molecule has 22 heavy (non-hydrogen) atoms. The fourth-order valence-electron chi connectivity index (χ4n) is 3.51. The fourth-order valence-corrected chi connectivity index (χ4v) is 3.51. The number of fused-ring (bicyclic) bond motifs is 1. The molecule has 6 nitrogen and oxygen atoms in total. The van der Waals surface area contributed by atoms with Crippen LogP contribution in [0.2, 0.25) is 0 Å². The first kappa shape index (κ1) is 15.6. The Morgan fingerprint density at radius 2 is 2.09 bits per heavy atom. The molecule has 0 amide bonds. The zero-order valence-electron chi connectivity index (χ0n) is 14.2. The van der Waals surface area contributed by atoms with Crippen molar-refractivity contribution < 1.29 is 9.22 Å². The topological polar surface area (TPSA) is 56.3 Å². The zero-order chi connectivity index (χ0) is 15.7. The molecular weight excluding hydrogens is 278 g/mol. The van der Waals surface area contributed by atoms with Crippen LogP contribution in [0.4, 0.5) is 5.69 Å². The zero-order valence-corrected chi connectivity index (χ0v) is 14.2. The largest absolute Gasteiger partial charge is 0.474 e. The summed E-state index contributed by atoms with van der Waals surface area (Å²) in [4.78, 5) is 2.49. The maximum atomic E-state index is 6.17. The molecular formula is C16H30N5O+. The maximum absolute atomic E-state index is 6.17. The molecule has 1 fully saturated rings. The molecule has 1 aromatic heterocycles. The summed E-state index contributed by atoms with van der Waals surface area (Å²) >= 11 is 0. The average Bonchev–Trinajstić information content (AvgIpc) is 3.05. The van der Waals surface area contributed by atoms with Gasteiger partial charge in [0.05, 0.1) is 33.4 Å². The summed E-state index contributed by atoms with van der Waals surface area (Å²) in [7, 11) is 6.84. The van der Waals surface area contributed by atoms with E-state index in [0.717, 1.165) is 48.0 Å². The number of likely N-dealkylation sites (N-methyl/N-ethyl adjacent to an activating group) is 1. The minimum Gasteiger partial charge on any atom is -0.474 e. The highest BCUT2D eigenvalue weighted by molar-refractivity contribution is 5.53. The molecule has 1 aromatic rings. The Morgan fingerprint density at radius 1 is 1.27 bits per heavy atom. The fraction of sp³-hybridized carbons (Fsp3) is 0.812. The first-order valence-corrected chi connectivity index (χ1v) is 8.46. The van der Waals surface area contributed by atoms with Crippen molar-refractivity contribution in [3.8, 4) is 5.88 Å². The monoisotopic (exact) mass is 308 g/mol. The van der Waals surface area contributed by atoms with E-state index in [1.165, 1.54) is 25.8 Å². The number of nitrogen functional groups attached to an aromatic ring is 1. The summed E-state index contributed by atoms with van der Waals surface area (Å²) in [6.07, 6.45) is 4.69. The third-order valence-electron chi connectivity index (χ3n) is 5.09. The van der Waals surface area contributed by atoms with Crippen LogP contribution in [0.3, 0.4) is 0 Å². The number of likely N-dealkylation sites (tertiary alicyclic amines) is 1. The van der Waals surface area contributed by atoms with E-state index >= 15 is 0 Å². The SMILES string of the molecule is C[N+](C)(C)C1CCN(CCOc2nn3c(c2N)CCCC3)C1. The van der Waals surface area contributed by atoms with E-state index in [4.69, 9.17) is 10.5 Å². The van der Waals surface area contributed by atoms with Crippen LogP contribution in [-0.2, 0) is 13.0 Å². The van der Waals surface area contributed by atoms with E-state index in [1.54, 1.807) is 0 Å². The lowest BCUT2D eigenvalue weighted by Gasteiger charge is -2.31. The van der Waals surface area contributed by atoms with Gasteiger partial charge in [0.2, 0.25) is 0 Å². The van der Waals surface area contributed by atoms with Gasteiger partial charge in [-0.1, -0.05) is 0 Å². The third kappa shape index (κ3) is 3.22. The van der Waals surface area contributed by atoms with Crippen LogP contribution in [-0.4, -0.2) is 72.6 Å². The summed E-state index contributed by atoms with van der Waals surface area (Å²) in [5.41, 5.74) is 8.09. The smallest absolute Gasteiger partial charge is 0.256 e. The average molecular weight is 308 g/mol. The van der Waals surface area contributed by atoms with Crippen LogP contribution in [0, 0.1) is 0 Å². The molecule has 2 N–H and O–H groups in total. The van der Waals surface area contributed by atoms with Gasteiger partial charge in [0.15, 0.2) is 0 Å². The summed E-state index contributed by atoms with van der Waals surface area (Å²) < 4.78 is 8.93. The van der Waals surface area contributed by atoms with Gasteiger partial charge in [-0.15, -0.1) is 5.10 Å². The molecule has 2 aliphatic rings. The number of aromatic nitrogens is 2. The van der Waals surface area contributed by atoms with E-state index in [-0.39, 0.29) is 0 Å². The van der Waals surface area contributed by atoms with E-state index in [1.807, 2.05) is 4.68 Å². The highest BCUT2D eigenvalue weighted by Crippen LogP contribution is 2.28. The molecule has 0 saturated carbocycles. The molecule has 0 radical (unpaired) electrons. The lowest BCUT2D eigenvalue weighted by molar-refractivity contribution is -0.893. The van der Waals surface area contributed by atoms with Gasteiger partial charge in [-0.05, 0) is 19.3 Å². The van der Waals surface area contributed by atoms with E-state index in [9.17, 15) is 0 Å². The van der Waals surface area contributed by atoms with Crippen molar-refractivity contribution in [1.82, 2.24) is 14.7 Å². The van der Waals surface area contributed by atoms with Gasteiger partial charge in [0.1, 0.15) is 18.3 Å². The Morgan fingerprint density at radius 3 is 2.77 bits per heavy atom. The molecule has 1 unspecified atom stereocenters. The molecule has 1 saturated heterocycles. The molecule has 0 spiro atoms. The number of ether oxygens (including phenoxy) is 1. The minimum absolute atomic E-state index is 0.638. The Labute approximate surface area is 133 Å². The molecule has 3 heterocycles. The number of rotatable bonds is 5. The Bertz CT molecular complexity index is 519. The molecule has 0 aromatic carbocycles. The van der Waals surface area contributed by atoms with Crippen LogP contribution < -0.4 is 10.5 Å². The summed E-state index contributed by atoms with van der Waals surface area (Å²) in [6.45, 7) is 4.92. The van der Waals surface area contributed by atoms with Gasteiger partial charge in [0, 0.05) is 26.1 Å². The second kappa shape index (κ2) is 6.08. The second-order valence-electron chi connectivity index (χ2n) is 7.55. The van der Waals surface area contributed by atoms with Crippen LogP contribution in [0.5, 0.6) is 5.88 Å². The lowest BCUT2D eigenvalue weighted by Crippen LogP contribution is -2.46. The highest BCUT2D eigenvalue weighted by atomic mass is 16.5. The molecule has 6 heteroatoms. The number of nitrogens with two attached hydrogens (primary N) is 1. The Balaban J connectivity index is 1.49. The first-order chi connectivity index (χ1) is 10.4. The first-order valence-electron chi connectivity index (χ1n) is 8.46. The molecule has 0 aliphatic carbocycles. The molecule has 2 aliphatic heterocycles. The summed E-state index contributed by atoms with van der Waals surface area (Å²) in [6, 6.07) is 0.727. The van der Waals surface area contributed by atoms with Crippen LogP contribution in [0.15, 0.2) is 0 Å². The third-order valence-corrected chi connectivity index (χ3v) is 5.09. The van der Waals surface area contributed by atoms with Gasteiger partial charge in [-0.2, -0.15) is 0 Å². The van der Waals surface area contributed by atoms with Crippen molar-refractivity contribution in [3.05, 3.63) is 5.69 Å². The molecule has 3 rings (SSSR count). The van der Waals surface area contributed by atoms with E-state index in [0.29, 0.717) is 12.5 Å². The summed E-state index contributed by atoms with van der Waals surface area (Å²) in [5.74, 6) is 0.638. The highest BCUT2D eigenvalue weighted by Gasteiger charge is 2.32. The van der Waals surface area contributed by atoms with Crippen molar-refractivity contribution in [2.45, 2.75) is 38.3 Å².